The molecule has 0 saturated heterocycles. The molecule has 0 aromatic heterocycles. The zero-order valence-corrected chi connectivity index (χ0v) is 15.9. The van der Waals surface area contributed by atoms with E-state index in [1.54, 1.807) is 32.2 Å². The molecule has 0 heterocycles. The number of nitrogens with two attached hydrogens (primary N) is 1. The number of methoxy groups -OCH3 is 1. The van der Waals surface area contributed by atoms with E-state index in [0.717, 1.165) is 10.6 Å². The van der Waals surface area contributed by atoms with Crippen LogP contribution in [0.15, 0.2) is 46.9 Å². The molecule has 0 radical (unpaired) electrons. The van der Waals surface area contributed by atoms with Gasteiger partial charge in [-0.1, -0.05) is 0 Å². The monoisotopic (exact) mass is 384 g/mol. The number of thioether (sulfide) groups is 1. The minimum atomic E-state index is -0.808. The van der Waals surface area contributed by atoms with Crippen LogP contribution in [0.2, 0.25) is 0 Å². The molecule has 0 bridgehead atoms. The van der Waals surface area contributed by atoms with Crippen molar-refractivity contribution in [3.63, 3.8) is 0 Å². The van der Waals surface area contributed by atoms with Crippen molar-refractivity contribution in [3.8, 4) is 23.3 Å². The fraction of sp³-hybridized carbons (Fsp3) is 0.200. The lowest BCUT2D eigenvalue weighted by Gasteiger charge is -2.12. The van der Waals surface area contributed by atoms with Gasteiger partial charge < -0.3 is 20.3 Å². The molecule has 140 valence electrons. The Kier molecular flexibility index (Phi) is 7.15. The van der Waals surface area contributed by atoms with Crippen molar-refractivity contribution in [2.75, 3.05) is 13.7 Å². The number of nitriles is 1. The first-order valence-electron chi connectivity index (χ1n) is 8.15. The van der Waals surface area contributed by atoms with Crippen LogP contribution < -0.4 is 15.2 Å². The third-order valence-electron chi connectivity index (χ3n) is 3.63. The number of carbonyl (C=O) groups excluding carboxylic acids is 1. The third kappa shape index (κ3) is 5.43. The summed E-state index contributed by atoms with van der Waals surface area (Å²) >= 11 is 1.52. The maximum absolute atomic E-state index is 11.3. The Bertz CT molecular complexity index is 886. The predicted molar refractivity (Wildman–Crippen MR) is 105 cm³/mol. The molecule has 1 amide bonds. The molecule has 0 aliphatic carbocycles. The fourth-order valence-electron chi connectivity index (χ4n) is 2.31. The van der Waals surface area contributed by atoms with E-state index in [1.165, 1.54) is 17.8 Å². The second-order valence-corrected chi connectivity index (χ2v) is 6.51. The topological polar surface area (TPSA) is 106 Å². The molecule has 0 saturated carbocycles. The third-order valence-corrected chi connectivity index (χ3v) is 4.69. The van der Waals surface area contributed by atoms with Gasteiger partial charge in [-0.15, -0.1) is 11.8 Å². The van der Waals surface area contributed by atoms with Gasteiger partial charge in [0.05, 0.1) is 13.7 Å². The lowest BCUT2D eigenvalue weighted by Crippen LogP contribution is -2.12. The minimum absolute atomic E-state index is 0.0348. The smallest absolute Gasteiger partial charge is 0.259 e. The largest absolute Gasteiger partial charge is 0.504 e. The summed E-state index contributed by atoms with van der Waals surface area (Å²) in [5, 5.41) is 19.5. The maximum Gasteiger partial charge on any atom is 0.259 e. The van der Waals surface area contributed by atoms with E-state index in [2.05, 4.69) is 0 Å². The summed E-state index contributed by atoms with van der Waals surface area (Å²) in [5.41, 5.74) is 6.20. The number of benzene rings is 2. The number of primary amides is 1. The van der Waals surface area contributed by atoms with Gasteiger partial charge in [0.25, 0.3) is 5.91 Å². The minimum Gasteiger partial charge on any atom is -0.504 e. The highest BCUT2D eigenvalue weighted by molar-refractivity contribution is 7.98. The van der Waals surface area contributed by atoms with E-state index < -0.39 is 5.91 Å². The first-order valence-corrected chi connectivity index (χ1v) is 9.14. The van der Waals surface area contributed by atoms with Crippen LogP contribution in [0.5, 0.6) is 17.2 Å². The molecular formula is C20H20N2O4S. The maximum atomic E-state index is 11.3. The van der Waals surface area contributed by atoms with E-state index in [9.17, 15) is 9.90 Å². The summed E-state index contributed by atoms with van der Waals surface area (Å²) in [7, 11) is 1.61. The number of phenolic OH excluding ortho intramolecular Hbond substituents is 1. The van der Waals surface area contributed by atoms with Crippen molar-refractivity contribution in [1.29, 1.82) is 5.26 Å². The average Bonchev–Trinajstić information content (AvgIpc) is 2.67. The Labute approximate surface area is 162 Å². The Morgan fingerprint density at radius 1 is 1.33 bits per heavy atom. The quantitative estimate of drug-likeness (QED) is 0.410. The summed E-state index contributed by atoms with van der Waals surface area (Å²) in [6.45, 7) is 2.17. The van der Waals surface area contributed by atoms with Crippen molar-refractivity contribution in [3.05, 3.63) is 53.1 Å². The Morgan fingerprint density at radius 3 is 2.59 bits per heavy atom. The molecule has 27 heavy (non-hydrogen) atoms. The molecule has 2 aromatic rings. The normalized spacial score (nSPS) is 10.9. The lowest BCUT2D eigenvalue weighted by molar-refractivity contribution is -0.114. The molecular weight excluding hydrogens is 364 g/mol. The van der Waals surface area contributed by atoms with Gasteiger partial charge in [0.15, 0.2) is 11.5 Å². The van der Waals surface area contributed by atoms with E-state index >= 15 is 0 Å². The summed E-state index contributed by atoms with van der Waals surface area (Å²) < 4.78 is 10.6. The first-order chi connectivity index (χ1) is 13.0. The van der Waals surface area contributed by atoms with Gasteiger partial charge in [0, 0.05) is 16.2 Å². The second kappa shape index (κ2) is 9.55. The lowest BCUT2D eigenvalue weighted by atomic mass is 10.1. The number of aromatic hydroxyl groups is 1. The predicted octanol–water partition coefficient (Wildman–Crippen LogP) is 3.48. The van der Waals surface area contributed by atoms with Gasteiger partial charge >= 0.3 is 0 Å². The van der Waals surface area contributed by atoms with Crippen LogP contribution in [0.1, 0.15) is 18.1 Å². The van der Waals surface area contributed by atoms with Crippen LogP contribution in [0.4, 0.5) is 0 Å². The van der Waals surface area contributed by atoms with Gasteiger partial charge in [-0.05, 0) is 55.0 Å². The molecule has 0 fully saturated rings. The van der Waals surface area contributed by atoms with Crippen LogP contribution in [-0.2, 0) is 10.5 Å². The van der Waals surface area contributed by atoms with Gasteiger partial charge in [-0.25, -0.2) is 0 Å². The zero-order valence-electron chi connectivity index (χ0n) is 15.1. The van der Waals surface area contributed by atoms with Gasteiger partial charge in [0.1, 0.15) is 17.4 Å². The SMILES string of the molecule is CCOc1cc(/C=C(\C#N)C(N)=O)cc(CSc2ccc(OC)cc2)c1O. The summed E-state index contributed by atoms with van der Waals surface area (Å²) in [6, 6.07) is 12.6. The highest BCUT2D eigenvalue weighted by Gasteiger charge is 2.13. The number of hydrogen-bond acceptors (Lipinski definition) is 6. The van der Waals surface area contributed by atoms with Crippen molar-refractivity contribution in [2.45, 2.75) is 17.6 Å². The molecule has 7 heteroatoms. The molecule has 2 rings (SSSR count). The van der Waals surface area contributed by atoms with Crippen molar-refractivity contribution in [1.82, 2.24) is 0 Å². The molecule has 0 atom stereocenters. The van der Waals surface area contributed by atoms with E-state index in [0.29, 0.717) is 29.2 Å². The standard InChI is InChI=1S/C20H20N2O4S/c1-3-26-18-10-13(8-14(11-21)20(22)24)9-15(19(18)23)12-27-17-6-4-16(25-2)5-7-17/h4-10,23H,3,12H2,1-2H3,(H2,22,24)/b14-8+. The number of carbonyl (C=O) groups is 1. The Morgan fingerprint density at radius 2 is 2.04 bits per heavy atom. The number of phenols is 1. The summed E-state index contributed by atoms with van der Waals surface area (Å²) in [6.07, 6.45) is 1.38. The number of amides is 1. The number of ether oxygens (including phenoxy) is 2. The Balaban J connectivity index is 2.32. The van der Waals surface area contributed by atoms with Crippen molar-refractivity contribution >= 4 is 23.7 Å². The highest BCUT2D eigenvalue weighted by atomic mass is 32.2. The molecule has 0 spiro atoms. The van der Waals surface area contributed by atoms with E-state index in [1.807, 2.05) is 24.3 Å². The summed E-state index contributed by atoms with van der Waals surface area (Å²) in [5.74, 6) is 0.755. The first kappa shape index (κ1) is 20.2. The van der Waals surface area contributed by atoms with Crippen LogP contribution in [-0.4, -0.2) is 24.7 Å². The second-order valence-electron chi connectivity index (χ2n) is 5.46. The highest BCUT2D eigenvalue weighted by Crippen LogP contribution is 2.36. The summed E-state index contributed by atoms with van der Waals surface area (Å²) in [4.78, 5) is 12.3. The Hall–Kier alpha value is -3.11. The van der Waals surface area contributed by atoms with E-state index in [-0.39, 0.29) is 11.3 Å². The van der Waals surface area contributed by atoms with Crippen LogP contribution >= 0.6 is 11.8 Å². The zero-order chi connectivity index (χ0) is 19.8. The molecule has 3 N–H and O–H groups in total. The molecule has 0 aliphatic heterocycles. The molecule has 6 nitrogen and oxygen atoms in total. The van der Waals surface area contributed by atoms with Crippen LogP contribution in [0.3, 0.4) is 0 Å². The van der Waals surface area contributed by atoms with Crippen molar-refractivity contribution in [2.24, 2.45) is 5.73 Å². The number of nitrogens with zero attached hydrogens (tertiary/aromatic N) is 1. The van der Waals surface area contributed by atoms with E-state index in [4.69, 9.17) is 20.5 Å². The molecule has 0 unspecified atom stereocenters. The van der Waals surface area contributed by atoms with Gasteiger partial charge in [-0.2, -0.15) is 5.26 Å². The van der Waals surface area contributed by atoms with Gasteiger partial charge in [-0.3, -0.25) is 4.79 Å². The van der Waals surface area contributed by atoms with Crippen LogP contribution in [0, 0.1) is 11.3 Å². The number of rotatable bonds is 8. The van der Waals surface area contributed by atoms with Gasteiger partial charge in [0.2, 0.25) is 0 Å². The van der Waals surface area contributed by atoms with Crippen LogP contribution in [0.25, 0.3) is 6.08 Å². The fourth-order valence-corrected chi connectivity index (χ4v) is 3.18. The number of hydrogen-bond donors (Lipinski definition) is 2. The van der Waals surface area contributed by atoms with Crippen molar-refractivity contribution < 1.29 is 19.4 Å². The molecule has 2 aromatic carbocycles. The molecule has 0 aliphatic rings. The average molecular weight is 384 g/mol.